The maximum absolute atomic E-state index is 13.7. The Bertz CT molecular complexity index is 1870. The third kappa shape index (κ3) is 6.37. The van der Waals surface area contributed by atoms with E-state index in [1.807, 2.05) is 65.2 Å². The van der Waals surface area contributed by atoms with Gasteiger partial charge in [0.2, 0.25) is 0 Å². The van der Waals surface area contributed by atoms with E-state index in [1.165, 1.54) is 18.4 Å². The lowest BCUT2D eigenvalue weighted by molar-refractivity contribution is 0.0515. The van der Waals surface area contributed by atoms with Crippen molar-refractivity contribution in [2.45, 2.75) is 52.5 Å². The molecule has 1 N–H and O–H groups in total. The number of hydrogen-bond donors (Lipinski definition) is 1. The summed E-state index contributed by atoms with van der Waals surface area (Å²) in [7, 11) is 0. The topological polar surface area (TPSA) is 77.8 Å². The second-order valence-electron chi connectivity index (χ2n) is 12.8. The van der Waals surface area contributed by atoms with Gasteiger partial charge in [0, 0.05) is 23.0 Å². The molecule has 0 saturated heterocycles. The number of aromatic carboxylic acids is 1. The van der Waals surface area contributed by atoms with Crippen LogP contribution >= 0.6 is 0 Å². The molecule has 6 rings (SSSR count). The summed E-state index contributed by atoms with van der Waals surface area (Å²) in [6.07, 6.45) is 2.43. The zero-order valence-corrected chi connectivity index (χ0v) is 26.3. The number of nitrogens with zero attached hydrogens (tertiary/aromatic N) is 1. The monoisotopic (exact) mass is 601 g/mol. The van der Waals surface area contributed by atoms with Gasteiger partial charge in [-0.15, -0.1) is 0 Å². The zero-order valence-electron chi connectivity index (χ0n) is 26.3. The SMILES string of the molecule is CCOC(=O)c1c(-c2ccc(C(C)(C)C)cc2)c2ccccc2n1Cc1cc(-c2cccc(OCC3CC3)c2)ccc1C(=O)O. The summed E-state index contributed by atoms with van der Waals surface area (Å²) >= 11 is 0. The molecule has 4 aromatic carbocycles. The minimum absolute atomic E-state index is 0.0163. The highest BCUT2D eigenvalue weighted by atomic mass is 16.5. The van der Waals surface area contributed by atoms with Crippen LogP contribution in [0.2, 0.25) is 0 Å². The molecule has 1 aliphatic carbocycles. The summed E-state index contributed by atoms with van der Waals surface area (Å²) in [5.74, 6) is -0.0323. The molecule has 230 valence electrons. The largest absolute Gasteiger partial charge is 0.493 e. The van der Waals surface area contributed by atoms with Crippen LogP contribution in [0.3, 0.4) is 0 Å². The molecule has 1 aliphatic rings. The Balaban J connectivity index is 1.48. The van der Waals surface area contributed by atoms with E-state index in [2.05, 4.69) is 45.0 Å². The number of carbonyl (C=O) groups excluding carboxylic acids is 1. The summed E-state index contributed by atoms with van der Waals surface area (Å²) < 4.78 is 13.5. The number of carboxylic acid groups (broad SMARTS) is 1. The van der Waals surface area contributed by atoms with Crippen LogP contribution in [0.1, 0.15) is 72.5 Å². The number of carboxylic acids is 1. The Morgan fingerprint density at radius 2 is 1.58 bits per heavy atom. The molecule has 45 heavy (non-hydrogen) atoms. The van der Waals surface area contributed by atoms with Crippen LogP contribution in [0, 0.1) is 5.92 Å². The second-order valence-corrected chi connectivity index (χ2v) is 12.8. The Morgan fingerprint density at radius 1 is 0.867 bits per heavy atom. The molecular weight excluding hydrogens is 562 g/mol. The van der Waals surface area contributed by atoms with Gasteiger partial charge in [0.25, 0.3) is 0 Å². The highest BCUT2D eigenvalue weighted by molar-refractivity contribution is 6.09. The van der Waals surface area contributed by atoms with Crippen LogP contribution in [0.15, 0.2) is 91.0 Å². The summed E-state index contributed by atoms with van der Waals surface area (Å²) in [5, 5.41) is 11.1. The quantitative estimate of drug-likeness (QED) is 0.162. The van der Waals surface area contributed by atoms with Gasteiger partial charge in [0.1, 0.15) is 11.4 Å². The Hall–Kier alpha value is -4.84. The first kappa shape index (κ1) is 30.2. The number of aromatic nitrogens is 1. The van der Waals surface area contributed by atoms with Crippen molar-refractivity contribution in [2.75, 3.05) is 13.2 Å². The van der Waals surface area contributed by atoms with Gasteiger partial charge >= 0.3 is 11.9 Å². The highest BCUT2D eigenvalue weighted by Gasteiger charge is 2.27. The first-order chi connectivity index (χ1) is 21.6. The fourth-order valence-corrected chi connectivity index (χ4v) is 5.86. The van der Waals surface area contributed by atoms with Gasteiger partial charge in [-0.05, 0) is 89.2 Å². The molecule has 0 unspecified atom stereocenters. The van der Waals surface area contributed by atoms with Crippen LogP contribution in [-0.2, 0) is 16.7 Å². The second kappa shape index (κ2) is 12.3. The molecule has 6 nitrogen and oxygen atoms in total. The Labute approximate surface area is 264 Å². The van der Waals surface area contributed by atoms with Crippen molar-refractivity contribution < 1.29 is 24.2 Å². The molecule has 0 aliphatic heterocycles. The van der Waals surface area contributed by atoms with Gasteiger partial charge in [-0.2, -0.15) is 0 Å². The van der Waals surface area contributed by atoms with Crippen LogP contribution in [0.25, 0.3) is 33.2 Å². The van der Waals surface area contributed by atoms with E-state index in [9.17, 15) is 14.7 Å². The van der Waals surface area contributed by atoms with Gasteiger partial charge in [-0.1, -0.05) is 81.4 Å². The molecule has 1 fully saturated rings. The van der Waals surface area contributed by atoms with Crippen molar-refractivity contribution in [3.63, 3.8) is 0 Å². The van der Waals surface area contributed by atoms with Crippen molar-refractivity contribution in [3.8, 4) is 28.0 Å². The minimum atomic E-state index is -1.02. The molecule has 0 amide bonds. The lowest BCUT2D eigenvalue weighted by Gasteiger charge is -2.19. The highest BCUT2D eigenvalue weighted by Crippen LogP contribution is 2.38. The van der Waals surface area contributed by atoms with Crippen LogP contribution in [0.5, 0.6) is 5.75 Å². The van der Waals surface area contributed by atoms with E-state index in [0.717, 1.165) is 38.9 Å². The molecule has 0 radical (unpaired) electrons. The molecule has 0 atom stereocenters. The maximum Gasteiger partial charge on any atom is 0.355 e. The van der Waals surface area contributed by atoms with Crippen molar-refractivity contribution >= 4 is 22.8 Å². The maximum atomic E-state index is 13.7. The predicted octanol–water partition coefficient (Wildman–Crippen LogP) is 8.98. The fourth-order valence-electron chi connectivity index (χ4n) is 5.86. The van der Waals surface area contributed by atoms with E-state index < -0.39 is 11.9 Å². The first-order valence-electron chi connectivity index (χ1n) is 15.6. The molecule has 1 heterocycles. The van der Waals surface area contributed by atoms with Gasteiger partial charge in [-0.25, -0.2) is 9.59 Å². The number of ether oxygens (including phenoxy) is 2. The third-order valence-electron chi connectivity index (χ3n) is 8.49. The van der Waals surface area contributed by atoms with Crippen molar-refractivity contribution in [3.05, 3.63) is 113 Å². The Kier molecular flexibility index (Phi) is 8.24. The van der Waals surface area contributed by atoms with E-state index in [0.29, 0.717) is 23.8 Å². The third-order valence-corrected chi connectivity index (χ3v) is 8.49. The fraction of sp³-hybridized carbons (Fsp3) is 0.282. The lowest BCUT2D eigenvalue weighted by atomic mass is 9.86. The molecule has 1 saturated carbocycles. The summed E-state index contributed by atoms with van der Waals surface area (Å²) in [4.78, 5) is 26.2. The molecule has 1 aromatic heterocycles. The molecular formula is C39H39NO5. The molecule has 0 spiro atoms. The van der Waals surface area contributed by atoms with Crippen molar-refractivity contribution in [1.29, 1.82) is 0 Å². The summed E-state index contributed by atoms with van der Waals surface area (Å²) in [6.45, 7) is 9.40. The van der Waals surface area contributed by atoms with E-state index in [-0.39, 0.29) is 24.1 Å². The molecule has 6 heteroatoms. The number of benzene rings is 4. The molecule has 0 bridgehead atoms. The standard InChI is InChI=1S/C39H39NO5/c1-5-44-38(43)36-35(26-15-18-30(19-16-26)39(2,3)4)33-11-6-7-12-34(33)40(36)23-29-21-28(17-20-32(29)37(41)42)27-9-8-10-31(22-27)45-24-25-13-14-25/h6-12,15-22,25H,5,13-14,23-24H2,1-4H3,(H,41,42). The number of fused-ring (bicyclic) bond motifs is 1. The van der Waals surface area contributed by atoms with Gasteiger partial charge in [0.15, 0.2) is 0 Å². The average molecular weight is 602 g/mol. The summed E-state index contributed by atoms with van der Waals surface area (Å²) in [6, 6.07) is 29.5. The van der Waals surface area contributed by atoms with Crippen LogP contribution in [-0.4, -0.2) is 34.8 Å². The lowest BCUT2D eigenvalue weighted by Crippen LogP contribution is -2.16. The number of rotatable bonds is 10. The first-order valence-corrected chi connectivity index (χ1v) is 15.6. The van der Waals surface area contributed by atoms with Crippen LogP contribution in [0.4, 0.5) is 0 Å². The zero-order chi connectivity index (χ0) is 31.7. The van der Waals surface area contributed by atoms with E-state index >= 15 is 0 Å². The normalized spacial score (nSPS) is 13.2. The smallest absolute Gasteiger partial charge is 0.355 e. The number of hydrogen-bond acceptors (Lipinski definition) is 4. The number of esters is 1. The summed E-state index contributed by atoms with van der Waals surface area (Å²) in [5.41, 5.74) is 6.66. The average Bonchev–Trinajstić information content (AvgIpc) is 3.81. The van der Waals surface area contributed by atoms with Crippen molar-refractivity contribution in [1.82, 2.24) is 4.57 Å². The van der Waals surface area contributed by atoms with Gasteiger partial charge < -0.3 is 19.1 Å². The number of carbonyl (C=O) groups is 2. The predicted molar refractivity (Wildman–Crippen MR) is 178 cm³/mol. The van der Waals surface area contributed by atoms with Crippen molar-refractivity contribution in [2.24, 2.45) is 5.92 Å². The molecule has 5 aromatic rings. The Morgan fingerprint density at radius 3 is 2.27 bits per heavy atom. The number of para-hydroxylation sites is 1. The van der Waals surface area contributed by atoms with Gasteiger partial charge in [-0.3, -0.25) is 0 Å². The minimum Gasteiger partial charge on any atom is -0.493 e. The van der Waals surface area contributed by atoms with Crippen LogP contribution < -0.4 is 4.74 Å². The van der Waals surface area contributed by atoms with E-state index in [1.54, 1.807) is 13.0 Å². The van der Waals surface area contributed by atoms with E-state index in [4.69, 9.17) is 9.47 Å². The van der Waals surface area contributed by atoms with Gasteiger partial charge in [0.05, 0.1) is 18.8 Å².